The summed E-state index contributed by atoms with van der Waals surface area (Å²) in [5.41, 5.74) is 0. The van der Waals surface area contributed by atoms with Crippen LogP contribution < -0.4 is 9.79 Å². The van der Waals surface area contributed by atoms with E-state index < -0.39 is 13.9 Å². The molecule has 0 bridgehead atoms. The Labute approximate surface area is 98.9 Å². The van der Waals surface area contributed by atoms with Crippen LogP contribution in [0.1, 0.15) is 0 Å². The van der Waals surface area contributed by atoms with Gasteiger partial charge >= 0.3 is 37.7 Å². The number of hydrogen-bond acceptors (Lipinski definition) is 6. The molecule has 4 N–H and O–H groups in total. The third-order valence-corrected chi connectivity index (χ3v) is 0.421. The van der Waals surface area contributed by atoms with Gasteiger partial charge in [-0.1, -0.05) is 0 Å². The minimum Gasteiger partial charge on any atom is -0.790 e. The van der Waals surface area contributed by atoms with E-state index in [1.807, 2.05) is 0 Å². The van der Waals surface area contributed by atoms with E-state index in [0.29, 0.717) is 0 Å². The summed E-state index contributed by atoms with van der Waals surface area (Å²) in [5, 5.41) is 24.0. The van der Waals surface area contributed by atoms with Crippen molar-refractivity contribution in [2.45, 2.75) is 6.10 Å². The number of aliphatic hydroxyl groups is 3. The second-order valence-electron chi connectivity index (χ2n) is 1.49. The molecule has 0 aliphatic rings. The van der Waals surface area contributed by atoms with E-state index in [1.54, 1.807) is 0 Å². The molecule has 0 radical (unpaired) electrons. The first kappa shape index (κ1) is 18.9. The normalized spacial score (nSPS) is 9.92. The van der Waals surface area contributed by atoms with Gasteiger partial charge in [-0.05, 0) is 0 Å². The van der Waals surface area contributed by atoms with E-state index in [-0.39, 0.29) is 51.0 Å². The summed E-state index contributed by atoms with van der Waals surface area (Å²) >= 11 is 0. The maximum atomic E-state index is 8.66. The Morgan fingerprint density at radius 3 is 1.42 bits per heavy atom. The zero-order valence-corrected chi connectivity index (χ0v) is 9.26. The molecule has 0 saturated carbocycles. The molecule has 0 aromatic carbocycles. The van der Waals surface area contributed by atoms with E-state index in [4.69, 9.17) is 34.6 Å². The number of hydrogen-bond donors (Lipinski definition) is 4. The van der Waals surface area contributed by atoms with Gasteiger partial charge in [0.15, 0.2) is 0 Å². The van der Waals surface area contributed by atoms with Crippen molar-refractivity contribution in [1.82, 2.24) is 0 Å². The minimum absolute atomic E-state index is 0. The standard InChI is InChI=1S/C3H8O3.Ca.H3O4P/c4-1-3(6)2-5;;1-5(2,3)4/h3-6H,1-2H2;;(H3,1,2,3,4)/q;+2;/p-2. The van der Waals surface area contributed by atoms with Gasteiger partial charge in [-0.15, -0.1) is 0 Å². The summed E-state index contributed by atoms with van der Waals surface area (Å²) in [4.78, 5) is 24.3. The first-order valence-electron chi connectivity index (χ1n) is 2.45. The molecule has 0 saturated heterocycles. The van der Waals surface area contributed by atoms with E-state index in [1.165, 1.54) is 0 Å². The van der Waals surface area contributed by atoms with Crippen molar-refractivity contribution in [2.24, 2.45) is 0 Å². The van der Waals surface area contributed by atoms with Gasteiger partial charge in [-0.2, -0.15) is 0 Å². The summed E-state index contributed by atoms with van der Waals surface area (Å²) in [7, 11) is -5.14. The molecule has 0 rings (SSSR count). The Morgan fingerprint density at radius 1 is 1.25 bits per heavy atom. The van der Waals surface area contributed by atoms with Crippen molar-refractivity contribution < 1.29 is 34.6 Å². The molecule has 0 unspecified atom stereocenters. The van der Waals surface area contributed by atoms with Crippen molar-refractivity contribution in [3.05, 3.63) is 0 Å². The number of aliphatic hydroxyl groups excluding tert-OH is 3. The Morgan fingerprint density at radius 2 is 1.42 bits per heavy atom. The fraction of sp³-hybridized carbons (Fsp3) is 1.00. The third-order valence-electron chi connectivity index (χ3n) is 0.421. The molecule has 0 aliphatic heterocycles. The van der Waals surface area contributed by atoms with Gasteiger partial charge in [0.05, 0.1) is 21.0 Å². The molecule has 0 aromatic rings. The van der Waals surface area contributed by atoms with Crippen LogP contribution in [0.4, 0.5) is 0 Å². The van der Waals surface area contributed by atoms with Crippen LogP contribution in [0, 0.1) is 0 Å². The molecule has 0 heterocycles. The SMILES string of the molecule is O=P([O-])([O-])O.OCC(O)CO.[Ca+2]. The van der Waals surface area contributed by atoms with Gasteiger partial charge < -0.3 is 34.6 Å². The maximum absolute atomic E-state index is 8.66. The monoisotopic (exact) mass is 228 g/mol. The first-order valence-corrected chi connectivity index (χ1v) is 3.95. The molecule has 0 amide bonds. The summed E-state index contributed by atoms with van der Waals surface area (Å²) in [6.45, 7) is -0.729. The zero-order chi connectivity index (χ0) is 9.49. The van der Waals surface area contributed by atoms with E-state index in [9.17, 15) is 0 Å². The van der Waals surface area contributed by atoms with Crippen molar-refractivity contribution in [3.63, 3.8) is 0 Å². The molecule has 0 aliphatic carbocycles. The van der Waals surface area contributed by atoms with Gasteiger partial charge in [0.2, 0.25) is 0 Å². The van der Waals surface area contributed by atoms with Crippen LogP contribution in [0.2, 0.25) is 0 Å². The first-order chi connectivity index (χ1) is 4.81. The van der Waals surface area contributed by atoms with Crippen LogP contribution in [-0.4, -0.2) is 77.3 Å². The fourth-order valence-electron chi connectivity index (χ4n) is 0.0577. The van der Waals surface area contributed by atoms with Gasteiger partial charge in [0.1, 0.15) is 6.10 Å². The summed E-state index contributed by atoms with van der Waals surface area (Å²) in [6, 6.07) is 0. The second kappa shape index (κ2) is 10.3. The Balaban J connectivity index is -0.000000126. The van der Waals surface area contributed by atoms with Gasteiger partial charge in [-0.3, -0.25) is 0 Å². The van der Waals surface area contributed by atoms with E-state index >= 15 is 0 Å². The quantitative estimate of drug-likeness (QED) is 0.277. The predicted octanol–water partition coefficient (Wildman–Crippen LogP) is -4.24. The largest absolute Gasteiger partial charge is 2.00 e. The van der Waals surface area contributed by atoms with Crippen LogP contribution in [0.25, 0.3) is 0 Å². The van der Waals surface area contributed by atoms with Crippen molar-refractivity contribution >= 4 is 45.6 Å². The Bertz CT molecular complexity index is 112. The molecular formula is C3H9CaO7P. The molecule has 7 nitrogen and oxygen atoms in total. The average Bonchev–Trinajstić information content (AvgIpc) is 1.83. The van der Waals surface area contributed by atoms with Gasteiger partial charge in [0, 0.05) is 0 Å². The molecule has 12 heavy (non-hydrogen) atoms. The molecule has 0 spiro atoms. The smallest absolute Gasteiger partial charge is 0.790 e. The minimum atomic E-state index is -5.14. The van der Waals surface area contributed by atoms with Crippen LogP contribution >= 0.6 is 7.82 Å². The van der Waals surface area contributed by atoms with Crippen LogP contribution in [0.3, 0.4) is 0 Å². The third kappa shape index (κ3) is 42.9. The van der Waals surface area contributed by atoms with Crippen LogP contribution in [0.15, 0.2) is 0 Å². The second-order valence-corrected chi connectivity index (χ2v) is 2.42. The number of phosphoric acid groups is 1. The predicted molar refractivity (Wildman–Crippen MR) is 35.8 cm³/mol. The van der Waals surface area contributed by atoms with E-state index in [0.717, 1.165) is 0 Å². The number of rotatable bonds is 2. The van der Waals surface area contributed by atoms with Crippen LogP contribution in [0.5, 0.6) is 0 Å². The fourth-order valence-corrected chi connectivity index (χ4v) is 0.0577. The summed E-state index contributed by atoms with van der Waals surface area (Å²) in [5.74, 6) is 0. The summed E-state index contributed by atoms with van der Waals surface area (Å²) in [6.07, 6.45) is -0.954. The van der Waals surface area contributed by atoms with Crippen molar-refractivity contribution in [2.75, 3.05) is 13.2 Å². The molecule has 0 atom stereocenters. The Hall–Kier alpha value is 1.25. The maximum Gasteiger partial charge on any atom is 2.00 e. The zero-order valence-electron chi connectivity index (χ0n) is 6.16. The van der Waals surface area contributed by atoms with Crippen molar-refractivity contribution in [1.29, 1.82) is 0 Å². The Kier molecular flexibility index (Phi) is 16.3. The van der Waals surface area contributed by atoms with Crippen LogP contribution in [-0.2, 0) is 4.57 Å². The molecule has 9 heteroatoms. The molecule has 70 valence electrons. The van der Waals surface area contributed by atoms with E-state index in [2.05, 4.69) is 0 Å². The topological polar surface area (TPSA) is 144 Å². The van der Waals surface area contributed by atoms with Crippen molar-refractivity contribution in [3.8, 4) is 0 Å². The van der Waals surface area contributed by atoms with Gasteiger partial charge in [-0.25, -0.2) is 0 Å². The summed E-state index contributed by atoms with van der Waals surface area (Å²) < 4.78 is 8.66. The average molecular weight is 228 g/mol. The molecular weight excluding hydrogens is 219 g/mol. The van der Waals surface area contributed by atoms with Gasteiger partial charge in [0.25, 0.3) is 0 Å². The molecule has 0 fully saturated rings. The molecule has 0 aromatic heterocycles.